The Bertz CT molecular complexity index is 1360. The predicted octanol–water partition coefficient (Wildman–Crippen LogP) is 6.11. The normalized spacial score (nSPS) is 12.8. The van der Waals surface area contributed by atoms with Crippen molar-refractivity contribution < 1.29 is 0 Å². The van der Waals surface area contributed by atoms with Crippen LogP contribution >= 0.6 is 0 Å². The Balaban J connectivity index is 1.88. The summed E-state index contributed by atoms with van der Waals surface area (Å²) in [6.07, 6.45) is 9.32. The molecule has 2 heteroatoms. The number of hydrogen-bond acceptors (Lipinski definition) is 0. The van der Waals surface area contributed by atoms with Crippen LogP contribution in [0.15, 0.2) is 72.8 Å². The van der Waals surface area contributed by atoms with Crippen molar-refractivity contribution >= 4 is 44.9 Å². The lowest BCUT2D eigenvalue weighted by Gasteiger charge is -2.07. The van der Waals surface area contributed by atoms with Crippen molar-refractivity contribution in [1.29, 1.82) is 0 Å². The van der Waals surface area contributed by atoms with E-state index in [9.17, 15) is 0 Å². The fourth-order valence-corrected chi connectivity index (χ4v) is 4.16. The molecule has 120 valence electrons. The SMILES string of the molecule is [C+]1=Cc2[nH]c3c(ccc4c5ccccc5n(-c5ccccc5)c43)c2C=C1. The number of nitrogens with one attached hydrogen (secondary N) is 1. The lowest BCUT2D eigenvalue weighted by atomic mass is 10.0. The minimum Gasteiger partial charge on any atom is -0.307 e. The summed E-state index contributed by atoms with van der Waals surface area (Å²) >= 11 is 0. The summed E-state index contributed by atoms with van der Waals surface area (Å²) in [4.78, 5) is 3.64. The first kappa shape index (κ1) is 13.7. The molecule has 0 radical (unpaired) electrons. The van der Waals surface area contributed by atoms with E-state index in [1.807, 2.05) is 12.2 Å². The number of H-pyrrole nitrogens is 1. The van der Waals surface area contributed by atoms with Gasteiger partial charge in [-0.15, -0.1) is 0 Å². The van der Waals surface area contributed by atoms with Crippen molar-refractivity contribution in [2.75, 3.05) is 0 Å². The maximum Gasteiger partial charge on any atom is 0.159 e. The molecule has 1 aliphatic rings. The lowest BCUT2D eigenvalue weighted by Crippen LogP contribution is -1.93. The molecule has 0 atom stereocenters. The van der Waals surface area contributed by atoms with Gasteiger partial charge in [0.15, 0.2) is 5.69 Å². The zero-order valence-corrected chi connectivity index (χ0v) is 14.0. The molecule has 2 heterocycles. The molecular weight excluding hydrogens is 316 g/mol. The van der Waals surface area contributed by atoms with Crippen molar-refractivity contribution in [2.24, 2.45) is 0 Å². The van der Waals surface area contributed by atoms with E-state index in [1.165, 1.54) is 44.0 Å². The van der Waals surface area contributed by atoms with E-state index in [0.717, 1.165) is 5.69 Å². The third kappa shape index (κ3) is 1.69. The average Bonchev–Trinajstić information content (AvgIpc) is 3.24. The molecule has 3 aromatic carbocycles. The molecule has 26 heavy (non-hydrogen) atoms. The number of aromatic amines is 1. The van der Waals surface area contributed by atoms with Gasteiger partial charge in [-0.05, 0) is 24.3 Å². The molecule has 0 amide bonds. The van der Waals surface area contributed by atoms with Gasteiger partial charge in [-0.1, -0.05) is 42.5 Å². The summed E-state index contributed by atoms with van der Waals surface area (Å²) in [6, 6.07) is 23.7. The molecule has 5 aromatic rings. The van der Waals surface area contributed by atoms with Gasteiger partial charge in [0, 0.05) is 27.9 Å². The standard InChI is InChI=1S/C24H15N2/c1-2-8-16(9-3-1)26-22-13-7-5-11-18(22)20-15-14-19-17-10-4-6-12-21(17)25-23(19)24(20)26/h1-5,7-15,25H/q+1. The number of nitrogens with zero attached hydrogens (tertiary/aromatic N) is 1. The quantitative estimate of drug-likeness (QED) is 0.358. The largest absolute Gasteiger partial charge is 0.307 e. The number of fused-ring (bicyclic) bond motifs is 7. The fraction of sp³-hybridized carbons (Fsp3) is 0. The van der Waals surface area contributed by atoms with Crippen LogP contribution in [0.1, 0.15) is 11.3 Å². The minimum atomic E-state index is 1.12. The maximum atomic E-state index is 3.64. The van der Waals surface area contributed by atoms with Gasteiger partial charge in [0.2, 0.25) is 0 Å². The fourth-order valence-electron chi connectivity index (χ4n) is 4.16. The molecule has 1 aliphatic carbocycles. The van der Waals surface area contributed by atoms with Crippen molar-refractivity contribution in [3.05, 3.63) is 90.1 Å². The molecule has 0 unspecified atom stereocenters. The van der Waals surface area contributed by atoms with E-state index in [0.29, 0.717) is 0 Å². The van der Waals surface area contributed by atoms with Gasteiger partial charge < -0.3 is 4.57 Å². The van der Waals surface area contributed by atoms with Gasteiger partial charge >= 0.3 is 0 Å². The van der Waals surface area contributed by atoms with E-state index in [-0.39, 0.29) is 0 Å². The summed E-state index contributed by atoms with van der Waals surface area (Å²) in [7, 11) is 0. The number of hydrogen-bond donors (Lipinski definition) is 1. The molecule has 0 saturated carbocycles. The monoisotopic (exact) mass is 331 g/mol. The summed E-state index contributed by atoms with van der Waals surface area (Å²) < 4.78 is 2.37. The number of rotatable bonds is 1. The summed E-state index contributed by atoms with van der Waals surface area (Å²) in [6.45, 7) is 0. The summed E-state index contributed by atoms with van der Waals surface area (Å²) in [5, 5.41) is 3.80. The van der Waals surface area contributed by atoms with Crippen LogP contribution in [0.5, 0.6) is 0 Å². The van der Waals surface area contributed by atoms with Gasteiger partial charge in [0.25, 0.3) is 0 Å². The Morgan fingerprint density at radius 1 is 0.769 bits per heavy atom. The molecule has 0 fully saturated rings. The Morgan fingerprint density at radius 2 is 1.58 bits per heavy atom. The molecule has 0 spiro atoms. The Morgan fingerprint density at radius 3 is 2.50 bits per heavy atom. The van der Waals surface area contributed by atoms with Crippen LogP contribution < -0.4 is 0 Å². The minimum absolute atomic E-state index is 1.12. The zero-order valence-electron chi connectivity index (χ0n) is 14.0. The first-order valence-corrected chi connectivity index (χ1v) is 8.81. The molecule has 0 bridgehead atoms. The first-order chi connectivity index (χ1) is 12.9. The number of aromatic nitrogens is 2. The molecule has 2 aromatic heterocycles. The van der Waals surface area contributed by atoms with E-state index in [2.05, 4.69) is 88.4 Å². The third-order valence-electron chi connectivity index (χ3n) is 5.26. The van der Waals surface area contributed by atoms with Crippen molar-refractivity contribution in [1.82, 2.24) is 9.55 Å². The molecule has 1 N–H and O–H groups in total. The van der Waals surface area contributed by atoms with Crippen LogP contribution in [0, 0.1) is 6.08 Å². The van der Waals surface area contributed by atoms with Gasteiger partial charge in [-0.25, -0.2) is 0 Å². The van der Waals surface area contributed by atoms with Gasteiger partial charge in [0.1, 0.15) is 17.7 Å². The van der Waals surface area contributed by atoms with Crippen molar-refractivity contribution in [3.63, 3.8) is 0 Å². The van der Waals surface area contributed by atoms with E-state index in [4.69, 9.17) is 0 Å². The predicted molar refractivity (Wildman–Crippen MR) is 109 cm³/mol. The molecule has 6 rings (SSSR count). The van der Waals surface area contributed by atoms with E-state index < -0.39 is 0 Å². The maximum absolute atomic E-state index is 3.64. The van der Waals surface area contributed by atoms with E-state index >= 15 is 0 Å². The summed E-state index contributed by atoms with van der Waals surface area (Å²) in [5.74, 6) is 0. The van der Waals surface area contributed by atoms with E-state index in [1.54, 1.807) is 0 Å². The highest BCUT2D eigenvalue weighted by atomic mass is 15.0. The topological polar surface area (TPSA) is 20.7 Å². The highest BCUT2D eigenvalue weighted by molar-refractivity contribution is 6.19. The van der Waals surface area contributed by atoms with Gasteiger partial charge in [-0.3, -0.25) is 4.98 Å². The first-order valence-electron chi connectivity index (χ1n) is 8.81. The third-order valence-corrected chi connectivity index (χ3v) is 5.26. The smallest absolute Gasteiger partial charge is 0.159 e. The van der Waals surface area contributed by atoms with Gasteiger partial charge in [0.05, 0.1) is 22.6 Å². The summed E-state index contributed by atoms with van der Waals surface area (Å²) in [5.41, 5.74) is 7.18. The van der Waals surface area contributed by atoms with Crippen LogP contribution in [0.25, 0.3) is 50.5 Å². The zero-order chi connectivity index (χ0) is 17.1. The second-order valence-corrected chi connectivity index (χ2v) is 6.67. The molecule has 0 saturated heterocycles. The Labute approximate surface area is 150 Å². The molecule has 2 nitrogen and oxygen atoms in total. The second kappa shape index (κ2) is 4.95. The lowest BCUT2D eigenvalue weighted by molar-refractivity contribution is 1.18. The average molecular weight is 331 g/mol. The Hall–Kier alpha value is -3.61. The van der Waals surface area contributed by atoms with Crippen LogP contribution in [-0.2, 0) is 0 Å². The van der Waals surface area contributed by atoms with Gasteiger partial charge in [-0.2, -0.15) is 0 Å². The van der Waals surface area contributed by atoms with Crippen LogP contribution in [-0.4, -0.2) is 9.55 Å². The number of benzene rings is 3. The van der Waals surface area contributed by atoms with Crippen molar-refractivity contribution in [3.8, 4) is 5.69 Å². The molecule has 0 aliphatic heterocycles. The highest BCUT2D eigenvalue weighted by Gasteiger charge is 2.21. The highest BCUT2D eigenvalue weighted by Crippen LogP contribution is 2.38. The number of allylic oxidation sites excluding steroid dienone is 2. The van der Waals surface area contributed by atoms with Crippen LogP contribution in [0.2, 0.25) is 0 Å². The molecular formula is C24H15N2+. The Kier molecular flexibility index (Phi) is 2.60. The van der Waals surface area contributed by atoms with Crippen LogP contribution in [0.4, 0.5) is 0 Å². The van der Waals surface area contributed by atoms with Crippen LogP contribution in [0.3, 0.4) is 0 Å². The van der Waals surface area contributed by atoms with Crippen molar-refractivity contribution in [2.45, 2.75) is 0 Å². The number of para-hydroxylation sites is 2. The second-order valence-electron chi connectivity index (χ2n) is 6.67.